The summed E-state index contributed by atoms with van der Waals surface area (Å²) in [5.41, 5.74) is 2.03. The molecular formula is C19H25N3O2. The molecule has 3 aliphatic rings. The van der Waals surface area contributed by atoms with Crippen LogP contribution >= 0.6 is 0 Å². The first-order valence-electron chi connectivity index (χ1n) is 9.03. The summed E-state index contributed by atoms with van der Waals surface area (Å²) < 4.78 is 0. The lowest BCUT2D eigenvalue weighted by Gasteiger charge is -2.37. The molecule has 2 fully saturated rings. The summed E-state index contributed by atoms with van der Waals surface area (Å²) in [6.45, 7) is 4.18. The number of urea groups is 1. The Kier molecular flexibility index (Phi) is 3.83. The van der Waals surface area contributed by atoms with Crippen molar-refractivity contribution in [1.29, 1.82) is 0 Å². The highest BCUT2D eigenvalue weighted by atomic mass is 16.2. The molecule has 0 bridgehead atoms. The fourth-order valence-corrected chi connectivity index (χ4v) is 4.50. The molecule has 2 heterocycles. The van der Waals surface area contributed by atoms with Gasteiger partial charge < -0.3 is 5.32 Å². The Morgan fingerprint density at radius 2 is 2.00 bits per heavy atom. The molecule has 0 aromatic heterocycles. The third-order valence-corrected chi connectivity index (χ3v) is 6.05. The van der Waals surface area contributed by atoms with Gasteiger partial charge in [0.1, 0.15) is 5.54 Å². The lowest BCUT2D eigenvalue weighted by atomic mass is 9.73. The number of fused-ring (bicyclic) bond motifs is 1. The van der Waals surface area contributed by atoms with Crippen LogP contribution in [0.3, 0.4) is 0 Å². The smallest absolute Gasteiger partial charge is 0.323 e. The van der Waals surface area contributed by atoms with Gasteiger partial charge in [-0.25, -0.2) is 9.69 Å². The predicted molar refractivity (Wildman–Crippen MR) is 91.2 cm³/mol. The Labute approximate surface area is 143 Å². The van der Waals surface area contributed by atoms with E-state index in [9.17, 15) is 9.59 Å². The van der Waals surface area contributed by atoms with E-state index in [0.717, 1.165) is 45.2 Å². The molecule has 2 atom stereocenters. The molecule has 1 spiro atoms. The van der Waals surface area contributed by atoms with Crippen LogP contribution in [-0.2, 0) is 17.8 Å². The number of carbonyl (C=O) groups is 2. The average molecular weight is 327 g/mol. The van der Waals surface area contributed by atoms with Crippen molar-refractivity contribution >= 4 is 11.9 Å². The molecular weight excluding hydrogens is 302 g/mol. The van der Waals surface area contributed by atoms with Gasteiger partial charge in [-0.3, -0.25) is 9.69 Å². The zero-order valence-corrected chi connectivity index (χ0v) is 14.3. The highest BCUT2D eigenvalue weighted by Gasteiger charge is 2.55. The standard InChI is InChI=1S/C19H25N3O2/c1-14-6-4-5-10-19(14)17(23)22(18(24)20-19)13-21-11-9-15-7-2-3-8-16(15)12-21/h2-3,7-8,14H,4-6,9-13H2,1H3,(H,20,24). The Hall–Kier alpha value is -1.88. The zero-order valence-electron chi connectivity index (χ0n) is 14.3. The summed E-state index contributed by atoms with van der Waals surface area (Å²) >= 11 is 0. The second-order valence-electron chi connectivity index (χ2n) is 7.49. The van der Waals surface area contributed by atoms with Crippen LogP contribution in [0.4, 0.5) is 4.79 Å². The summed E-state index contributed by atoms with van der Waals surface area (Å²) in [5.74, 6) is 0.202. The van der Waals surface area contributed by atoms with Gasteiger partial charge >= 0.3 is 6.03 Å². The lowest BCUT2D eigenvalue weighted by molar-refractivity contribution is -0.135. The predicted octanol–water partition coefficient (Wildman–Crippen LogP) is 2.50. The number of hydrogen-bond acceptors (Lipinski definition) is 3. The summed E-state index contributed by atoms with van der Waals surface area (Å²) in [6, 6.07) is 8.21. The van der Waals surface area contributed by atoms with Crippen molar-refractivity contribution in [2.45, 2.75) is 51.1 Å². The molecule has 1 saturated heterocycles. The van der Waals surface area contributed by atoms with Crippen molar-refractivity contribution in [3.8, 4) is 0 Å². The molecule has 4 rings (SSSR count). The minimum Gasteiger partial charge on any atom is -0.323 e. The van der Waals surface area contributed by atoms with Crippen LogP contribution in [0.2, 0.25) is 0 Å². The Bertz CT molecular complexity index is 674. The van der Waals surface area contributed by atoms with Gasteiger partial charge in [-0.05, 0) is 36.3 Å². The SMILES string of the molecule is CC1CCCCC12NC(=O)N(CN1CCc3ccccc3C1)C2=O. The molecule has 3 amide bonds. The number of benzene rings is 1. The number of nitrogens with zero attached hydrogens (tertiary/aromatic N) is 2. The van der Waals surface area contributed by atoms with E-state index in [2.05, 4.69) is 41.4 Å². The molecule has 2 aliphatic heterocycles. The Morgan fingerprint density at radius 1 is 1.21 bits per heavy atom. The molecule has 1 saturated carbocycles. The first kappa shape index (κ1) is 15.6. The van der Waals surface area contributed by atoms with Gasteiger partial charge in [0, 0.05) is 13.1 Å². The van der Waals surface area contributed by atoms with Crippen molar-refractivity contribution in [3.63, 3.8) is 0 Å². The Morgan fingerprint density at radius 3 is 2.79 bits per heavy atom. The fourth-order valence-electron chi connectivity index (χ4n) is 4.50. The number of hydrogen-bond donors (Lipinski definition) is 1. The van der Waals surface area contributed by atoms with Crippen LogP contribution in [-0.4, -0.2) is 40.5 Å². The van der Waals surface area contributed by atoms with Crippen LogP contribution < -0.4 is 5.32 Å². The normalized spacial score (nSPS) is 30.5. The van der Waals surface area contributed by atoms with Crippen LogP contribution in [0.1, 0.15) is 43.7 Å². The fraction of sp³-hybridized carbons (Fsp3) is 0.579. The van der Waals surface area contributed by atoms with Crippen molar-refractivity contribution < 1.29 is 9.59 Å². The third kappa shape index (κ3) is 2.42. The van der Waals surface area contributed by atoms with Crippen LogP contribution in [0, 0.1) is 5.92 Å². The number of imide groups is 1. The largest absolute Gasteiger partial charge is 0.326 e. The van der Waals surface area contributed by atoms with Crippen LogP contribution in [0.15, 0.2) is 24.3 Å². The minimum absolute atomic E-state index is 0.0152. The third-order valence-electron chi connectivity index (χ3n) is 6.05. The monoisotopic (exact) mass is 327 g/mol. The first-order valence-corrected chi connectivity index (χ1v) is 9.03. The van der Waals surface area contributed by atoms with Crippen molar-refractivity contribution in [2.75, 3.05) is 13.2 Å². The molecule has 128 valence electrons. The average Bonchev–Trinajstić information content (AvgIpc) is 2.83. The van der Waals surface area contributed by atoms with Gasteiger partial charge in [-0.15, -0.1) is 0 Å². The van der Waals surface area contributed by atoms with Gasteiger partial charge in [-0.2, -0.15) is 0 Å². The number of rotatable bonds is 2. The molecule has 0 radical (unpaired) electrons. The Balaban J connectivity index is 1.49. The number of carbonyl (C=O) groups excluding carboxylic acids is 2. The lowest BCUT2D eigenvalue weighted by Crippen LogP contribution is -2.54. The van der Waals surface area contributed by atoms with E-state index in [1.165, 1.54) is 16.0 Å². The van der Waals surface area contributed by atoms with Crippen molar-refractivity contribution in [3.05, 3.63) is 35.4 Å². The van der Waals surface area contributed by atoms with E-state index in [4.69, 9.17) is 0 Å². The molecule has 1 aliphatic carbocycles. The second kappa shape index (κ2) is 5.88. The maximum absolute atomic E-state index is 13.0. The second-order valence-corrected chi connectivity index (χ2v) is 7.49. The van der Waals surface area contributed by atoms with Crippen molar-refractivity contribution in [2.24, 2.45) is 5.92 Å². The number of nitrogens with one attached hydrogen (secondary N) is 1. The summed E-state index contributed by atoms with van der Waals surface area (Å²) in [7, 11) is 0. The molecule has 1 aromatic carbocycles. The van der Waals surface area contributed by atoms with Gasteiger partial charge in [0.05, 0.1) is 6.67 Å². The quantitative estimate of drug-likeness (QED) is 0.849. The van der Waals surface area contributed by atoms with E-state index in [-0.39, 0.29) is 17.9 Å². The molecule has 5 heteroatoms. The van der Waals surface area contributed by atoms with E-state index in [0.29, 0.717) is 6.67 Å². The van der Waals surface area contributed by atoms with Crippen LogP contribution in [0.5, 0.6) is 0 Å². The van der Waals surface area contributed by atoms with E-state index >= 15 is 0 Å². The van der Waals surface area contributed by atoms with Crippen molar-refractivity contribution in [1.82, 2.24) is 15.1 Å². The molecule has 5 nitrogen and oxygen atoms in total. The molecule has 1 N–H and O–H groups in total. The van der Waals surface area contributed by atoms with Gasteiger partial charge in [0.25, 0.3) is 5.91 Å². The summed E-state index contributed by atoms with van der Waals surface area (Å²) in [5, 5.41) is 3.04. The van der Waals surface area contributed by atoms with Gasteiger partial charge in [0.15, 0.2) is 0 Å². The minimum atomic E-state index is -0.650. The highest BCUT2D eigenvalue weighted by molar-refractivity contribution is 6.07. The first-order chi connectivity index (χ1) is 11.6. The summed E-state index contributed by atoms with van der Waals surface area (Å²) in [6.07, 6.45) is 4.92. The van der Waals surface area contributed by atoms with Gasteiger partial charge in [-0.1, -0.05) is 44.0 Å². The number of amides is 3. The summed E-state index contributed by atoms with van der Waals surface area (Å²) in [4.78, 5) is 29.2. The van der Waals surface area contributed by atoms with E-state index in [1.807, 2.05) is 0 Å². The molecule has 24 heavy (non-hydrogen) atoms. The molecule has 1 aromatic rings. The molecule has 2 unspecified atom stereocenters. The van der Waals surface area contributed by atoms with E-state index in [1.54, 1.807) is 0 Å². The topological polar surface area (TPSA) is 52.7 Å². The maximum atomic E-state index is 13.0. The highest BCUT2D eigenvalue weighted by Crippen LogP contribution is 2.38. The maximum Gasteiger partial charge on any atom is 0.326 e. The van der Waals surface area contributed by atoms with E-state index < -0.39 is 5.54 Å². The van der Waals surface area contributed by atoms with Gasteiger partial charge in [0.2, 0.25) is 0 Å². The van der Waals surface area contributed by atoms with Crippen LogP contribution in [0.25, 0.3) is 0 Å². The zero-order chi connectivity index (χ0) is 16.7.